The van der Waals surface area contributed by atoms with Crippen molar-refractivity contribution in [2.75, 3.05) is 0 Å². The number of pyridine rings is 1. The van der Waals surface area contributed by atoms with Crippen molar-refractivity contribution in [2.45, 2.75) is 5.88 Å². The SMILES string of the molecule is Fc1cc(F)c2nc(Cl)c(CCl)cc2c1Br. The topological polar surface area (TPSA) is 12.9 Å². The van der Waals surface area contributed by atoms with E-state index in [2.05, 4.69) is 20.9 Å². The highest BCUT2D eigenvalue weighted by molar-refractivity contribution is 9.10. The number of hydrogen-bond acceptors (Lipinski definition) is 1. The molecule has 84 valence electrons. The summed E-state index contributed by atoms with van der Waals surface area (Å²) in [4.78, 5) is 3.86. The standard InChI is InChI=1S/C10H4BrCl2F2N/c11-8-5-1-4(3-12)10(13)16-9(5)7(15)2-6(8)14/h1-2H,3H2. The van der Waals surface area contributed by atoms with Crippen LogP contribution in [0.1, 0.15) is 5.56 Å². The number of alkyl halides is 1. The van der Waals surface area contributed by atoms with E-state index in [0.717, 1.165) is 6.07 Å². The molecule has 0 spiro atoms. The fraction of sp³-hybridized carbons (Fsp3) is 0.100. The highest BCUT2D eigenvalue weighted by atomic mass is 79.9. The van der Waals surface area contributed by atoms with Crippen molar-refractivity contribution in [3.63, 3.8) is 0 Å². The average Bonchev–Trinajstić information content (AvgIpc) is 2.25. The Balaban J connectivity index is 2.90. The van der Waals surface area contributed by atoms with Gasteiger partial charge in [-0.1, -0.05) is 11.6 Å². The summed E-state index contributed by atoms with van der Waals surface area (Å²) in [5, 5.41) is 0.442. The highest BCUT2D eigenvalue weighted by Gasteiger charge is 2.14. The third-order valence-electron chi connectivity index (χ3n) is 2.12. The van der Waals surface area contributed by atoms with E-state index in [1.54, 1.807) is 0 Å². The molecule has 1 aromatic heterocycles. The maximum Gasteiger partial charge on any atom is 0.152 e. The number of benzene rings is 1. The summed E-state index contributed by atoms with van der Waals surface area (Å²) in [6.07, 6.45) is 0. The highest BCUT2D eigenvalue weighted by Crippen LogP contribution is 2.31. The lowest BCUT2D eigenvalue weighted by Crippen LogP contribution is -1.93. The largest absolute Gasteiger partial charge is 0.233 e. The Labute approximate surface area is 109 Å². The molecule has 6 heteroatoms. The van der Waals surface area contributed by atoms with Crippen LogP contribution in [-0.2, 0) is 5.88 Å². The van der Waals surface area contributed by atoms with Crippen molar-refractivity contribution in [1.29, 1.82) is 0 Å². The first-order valence-electron chi connectivity index (χ1n) is 4.23. The lowest BCUT2D eigenvalue weighted by atomic mass is 10.1. The molecule has 16 heavy (non-hydrogen) atoms. The molecule has 1 heterocycles. The molecule has 1 aromatic carbocycles. The molecule has 0 unspecified atom stereocenters. The van der Waals surface area contributed by atoms with Crippen molar-refractivity contribution in [1.82, 2.24) is 4.98 Å². The molecule has 0 aliphatic heterocycles. The molecular formula is C10H4BrCl2F2N. The number of hydrogen-bond donors (Lipinski definition) is 0. The molecule has 0 saturated heterocycles. The summed E-state index contributed by atoms with van der Waals surface area (Å²) in [5.41, 5.74) is 0.550. The van der Waals surface area contributed by atoms with Crippen LogP contribution in [0.5, 0.6) is 0 Å². The second-order valence-corrected chi connectivity index (χ2v) is 4.54. The minimum absolute atomic E-state index is 0.0205. The van der Waals surface area contributed by atoms with Crippen LogP contribution < -0.4 is 0 Å². The number of nitrogens with zero attached hydrogens (tertiary/aromatic N) is 1. The molecule has 0 bridgehead atoms. The van der Waals surface area contributed by atoms with E-state index in [4.69, 9.17) is 23.2 Å². The van der Waals surface area contributed by atoms with Crippen LogP contribution in [-0.4, -0.2) is 4.98 Å². The minimum Gasteiger partial charge on any atom is -0.233 e. The van der Waals surface area contributed by atoms with Gasteiger partial charge in [0.2, 0.25) is 0 Å². The van der Waals surface area contributed by atoms with Gasteiger partial charge in [-0.15, -0.1) is 11.6 Å². The fourth-order valence-electron chi connectivity index (χ4n) is 1.35. The third-order valence-corrected chi connectivity index (χ3v) is 3.54. The van der Waals surface area contributed by atoms with Crippen LogP contribution in [0, 0.1) is 11.6 Å². The van der Waals surface area contributed by atoms with Gasteiger partial charge in [-0.3, -0.25) is 0 Å². The summed E-state index contributed by atoms with van der Waals surface area (Å²) < 4.78 is 26.8. The smallest absolute Gasteiger partial charge is 0.152 e. The van der Waals surface area contributed by atoms with Crippen LogP contribution in [0.15, 0.2) is 16.6 Å². The van der Waals surface area contributed by atoms with E-state index in [9.17, 15) is 8.78 Å². The van der Waals surface area contributed by atoms with Gasteiger partial charge in [0.1, 0.15) is 16.5 Å². The van der Waals surface area contributed by atoms with Crippen molar-refractivity contribution < 1.29 is 8.78 Å². The maximum atomic E-state index is 13.4. The Hall–Kier alpha value is -0.450. The zero-order valence-electron chi connectivity index (χ0n) is 7.70. The molecule has 0 amide bonds. The average molecular weight is 327 g/mol. The van der Waals surface area contributed by atoms with Gasteiger partial charge in [-0.05, 0) is 22.0 Å². The first-order chi connectivity index (χ1) is 7.54. The molecule has 0 saturated carbocycles. The monoisotopic (exact) mass is 325 g/mol. The van der Waals surface area contributed by atoms with Crippen LogP contribution in [0.25, 0.3) is 10.9 Å². The van der Waals surface area contributed by atoms with Gasteiger partial charge in [0.05, 0.1) is 10.4 Å². The number of rotatable bonds is 1. The summed E-state index contributed by atoms with van der Waals surface area (Å²) in [5.74, 6) is -1.31. The van der Waals surface area contributed by atoms with Gasteiger partial charge in [-0.2, -0.15) is 0 Å². The normalized spacial score (nSPS) is 11.1. The minimum atomic E-state index is -0.751. The quantitative estimate of drug-likeness (QED) is 0.421. The molecule has 1 nitrogen and oxygen atoms in total. The van der Waals surface area contributed by atoms with E-state index in [1.165, 1.54) is 6.07 Å². The second-order valence-electron chi connectivity index (χ2n) is 3.12. The molecule has 0 fully saturated rings. The van der Waals surface area contributed by atoms with E-state index in [0.29, 0.717) is 10.9 Å². The van der Waals surface area contributed by atoms with E-state index >= 15 is 0 Å². The van der Waals surface area contributed by atoms with Gasteiger partial charge >= 0.3 is 0 Å². The van der Waals surface area contributed by atoms with Crippen LogP contribution in [0.3, 0.4) is 0 Å². The lowest BCUT2D eigenvalue weighted by molar-refractivity contribution is 0.586. The van der Waals surface area contributed by atoms with Crippen molar-refractivity contribution in [3.8, 4) is 0 Å². The van der Waals surface area contributed by atoms with Crippen LogP contribution in [0.2, 0.25) is 5.15 Å². The molecule has 0 N–H and O–H groups in total. The van der Waals surface area contributed by atoms with Crippen molar-refractivity contribution in [2.24, 2.45) is 0 Å². The third kappa shape index (κ3) is 1.90. The summed E-state index contributed by atoms with van der Waals surface area (Å²) in [6, 6.07) is 2.28. The van der Waals surface area contributed by atoms with Gasteiger partial charge < -0.3 is 0 Å². The molecule has 2 rings (SSSR count). The Bertz CT molecular complexity index is 574. The summed E-state index contributed by atoms with van der Waals surface area (Å²) in [7, 11) is 0. The van der Waals surface area contributed by atoms with E-state index in [-0.39, 0.29) is 21.0 Å². The first kappa shape index (κ1) is 12.0. The van der Waals surface area contributed by atoms with Crippen LogP contribution >= 0.6 is 39.1 Å². The van der Waals surface area contributed by atoms with Gasteiger partial charge in [0, 0.05) is 17.0 Å². The summed E-state index contributed by atoms with van der Waals surface area (Å²) >= 11 is 14.5. The molecule has 2 aromatic rings. The summed E-state index contributed by atoms with van der Waals surface area (Å²) in [6.45, 7) is 0. The predicted molar refractivity (Wildman–Crippen MR) is 63.9 cm³/mol. The second kappa shape index (κ2) is 4.43. The van der Waals surface area contributed by atoms with Crippen LogP contribution in [0.4, 0.5) is 8.78 Å². The first-order valence-corrected chi connectivity index (χ1v) is 5.93. The molecule has 0 aliphatic rings. The Morgan fingerprint density at radius 3 is 2.56 bits per heavy atom. The number of fused-ring (bicyclic) bond motifs is 1. The molecule has 0 atom stereocenters. The lowest BCUT2D eigenvalue weighted by Gasteiger charge is -2.06. The van der Waals surface area contributed by atoms with Crippen molar-refractivity contribution >= 4 is 50.0 Å². The predicted octanol–water partition coefficient (Wildman–Crippen LogP) is 4.67. The zero-order chi connectivity index (χ0) is 11.9. The fourth-order valence-corrected chi connectivity index (χ4v) is 2.24. The number of aromatic nitrogens is 1. The maximum absolute atomic E-state index is 13.4. The Kier molecular flexibility index (Phi) is 3.33. The molecular weight excluding hydrogens is 323 g/mol. The van der Waals surface area contributed by atoms with E-state index < -0.39 is 11.6 Å². The van der Waals surface area contributed by atoms with Gasteiger partial charge in [-0.25, -0.2) is 13.8 Å². The Morgan fingerprint density at radius 1 is 1.25 bits per heavy atom. The molecule has 0 aliphatic carbocycles. The molecule has 0 radical (unpaired) electrons. The van der Waals surface area contributed by atoms with Gasteiger partial charge in [0.25, 0.3) is 0 Å². The number of halogens is 5. The van der Waals surface area contributed by atoms with E-state index in [1.807, 2.05) is 0 Å². The Morgan fingerprint density at radius 2 is 1.94 bits per heavy atom. The van der Waals surface area contributed by atoms with Crippen molar-refractivity contribution in [3.05, 3.63) is 39.0 Å². The zero-order valence-corrected chi connectivity index (χ0v) is 10.8. The van der Waals surface area contributed by atoms with Gasteiger partial charge in [0.15, 0.2) is 5.82 Å².